The molecule has 6 heteroatoms. The van der Waals surface area contributed by atoms with E-state index in [0.29, 0.717) is 36.8 Å². The minimum atomic E-state index is -0.132. The van der Waals surface area contributed by atoms with Gasteiger partial charge in [-0.1, -0.05) is 24.3 Å². The third kappa shape index (κ3) is 6.21. The highest BCUT2D eigenvalue weighted by molar-refractivity contribution is 5.94. The van der Waals surface area contributed by atoms with Crippen molar-refractivity contribution in [1.82, 2.24) is 10.2 Å². The van der Waals surface area contributed by atoms with Gasteiger partial charge in [0.05, 0.1) is 26.4 Å². The number of carbonyl (C=O) groups excluding carboxylic acids is 1. The normalized spacial score (nSPS) is 14.4. The molecule has 0 aliphatic carbocycles. The van der Waals surface area contributed by atoms with E-state index in [2.05, 4.69) is 22.3 Å². The van der Waals surface area contributed by atoms with Crippen LogP contribution in [0.3, 0.4) is 0 Å². The fourth-order valence-electron chi connectivity index (χ4n) is 3.33. The van der Waals surface area contributed by atoms with Crippen LogP contribution >= 0.6 is 0 Å². The molecule has 1 aliphatic rings. The van der Waals surface area contributed by atoms with Crippen molar-refractivity contribution in [3.8, 4) is 11.5 Å². The summed E-state index contributed by atoms with van der Waals surface area (Å²) in [4.78, 5) is 15.0. The highest BCUT2D eigenvalue weighted by atomic mass is 16.5. The molecule has 3 rings (SSSR count). The first kappa shape index (κ1) is 21.1. The molecule has 0 bridgehead atoms. The molecule has 1 heterocycles. The molecule has 0 atom stereocenters. The van der Waals surface area contributed by atoms with Crippen molar-refractivity contribution in [2.24, 2.45) is 0 Å². The molecule has 2 aromatic rings. The first-order valence-corrected chi connectivity index (χ1v) is 10.3. The maximum Gasteiger partial charge on any atom is 0.251 e. The first-order chi connectivity index (χ1) is 14.2. The van der Waals surface area contributed by atoms with E-state index in [0.717, 1.165) is 38.4 Å². The highest BCUT2D eigenvalue weighted by Crippen LogP contribution is 2.28. The number of carbonyl (C=O) groups is 1. The van der Waals surface area contributed by atoms with Gasteiger partial charge in [0.2, 0.25) is 0 Å². The summed E-state index contributed by atoms with van der Waals surface area (Å²) in [6, 6.07) is 13.6. The van der Waals surface area contributed by atoms with Gasteiger partial charge in [-0.3, -0.25) is 9.69 Å². The van der Waals surface area contributed by atoms with Crippen molar-refractivity contribution in [2.45, 2.75) is 26.9 Å². The predicted octanol–water partition coefficient (Wildman–Crippen LogP) is 3.25. The number of hydrogen-bond acceptors (Lipinski definition) is 5. The highest BCUT2D eigenvalue weighted by Gasteiger charge is 2.13. The van der Waals surface area contributed by atoms with Crippen LogP contribution in [0.2, 0.25) is 0 Å². The lowest BCUT2D eigenvalue weighted by Gasteiger charge is -2.26. The summed E-state index contributed by atoms with van der Waals surface area (Å²) in [5.41, 5.74) is 2.89. The summed E-state index contributed by atoms with van der Waals surface area (Å²) in [6.45, 7) is 9.78. The topological polar surface area (TPSA) is 60.0 Å². The fraction of sp³-hybridized carbons (Fsp3) is 0.435. The Hall–Kier alpha value is -2.57. The van der Waals surface area contributed by atoms with Gasteiger partial charge in [0.1, 0.15) is 0 Å². The molecule has 1 aliphatic heterocycles. The second-order valence-electron chi connectivity index (χ2n) is 6.92. The van der Waals surface area contributed by atoms with E-state index in [1.807, 2.05) is 26.0 Å². The molecule has 2 aromatic carbocycles. The largest absolute Gasteiger partial charge is 0.490 e. The van der Waals surface area contributed by atoms with Crippen LogP contribution in [0.4, 0.5) is 0 Å². The zero-order valence-corrected chi connectivity index (χ0v) is 17.3. The number of nitrogens with zero attached hydrogens (tertiary/aromatic N) is 1. The number of ether oxygens (including phenoxy) is 3. The van der Waals surface area contributed by atoms with Crippen LogP contribution in [0, 0.1) is 0 Å². The maximum absolute atomic E-state index is 12.6. The van der Waals surface area contributed by atoms with Crippen LogP contribution in [0.1, 0.15) is 35.3 Å². The Morgan fingerprint density at radius 2 is 1.72 bits per heavy atom. The zero-order valence-electron chi connectivity index (χ0n) is 17.3. The molecular formula is C23H30N2O4. The molecule has 0 saturated carbocycles. The summed E-state index contributed by atoms with van der Waals surface area (Å²) in [5.74, 6) is 1.11. The molecule has 0 unspecified atom stereocenters. The minimum absolute atomic E-state index is 0.132. The molecule has 1 fully saturated rings. The molecule has 1 saturated heterocycles. The predicted molar refractivity (Wildman–Crippen MR) is 112 cm³/mol. The average molecular weight is 399 g/mol. The van der Waals surface area contributed by atoms with E-state index < -0.39 is 0 Å². The van der Waals surface area contributed by atoms with Crippen molar-refractivity contribution in [3.05, 3.63) is 59.2 Å². The Morgan fingerprint density at radius 3 is 2.48 bits per heavy atom. The summed E-state index contributed by atoms with van der Waals surface area (Å²) in [6.07, 6.45) is 0. The number of amides is 1. The molecule has 1 N–H and O–H groups in total. The monoisotopic (exact) mass is 398 g/mol. The van der Waals surface area contributed by atoms with E-state index in [-0.39, 0.29) is 5.91 Å². The number of morpholine rings is 1. The Morgan fingerprint density at radius 1 is 1.00 bits per heavy atom. The maximum atomic E-state index is 12.6. The van der Waals surface area contributed by atoms with Gasteiger partial charge in [-0.2, -0.15) is 0 Å². The van der Waals surface area contributed by atoms with E-state index in [9.17, 15) is 4.79 Å². The zero-order chi connectivity index (χ0) is 20.5. The second-order valence-corrected chi connectivity index (χ2v) is 6.92. The Kier molecular flexibility index (Phi) is 7.90. The summed E-state index contributed by atoms with van der Waals surface area (Å²) in [5, 5.41) is 3.00. The van der Waals surface area contributed by atoms with Crippen molar-refractivity contribution in [3.63, 3.8) is 0 Å². The molecule has 0 radical (unpaired) electrons. The van der Waals surface area contributed by atoms with Crippen LogP contribution in [0.25, 0.3) is 0 Å². The number of rotatable bonds is 9. The molecule has 29 heavy (non-hydrogen) atoms. The van der Waals surface area contributed by atoms with Crippen molar-refractivity contribution in [1.29, 1.82) is 0 Å². The van der Waals surface area contributed by atoms with Crippen molar-refractivity contribution >= 4 is 5.91 Å². The number of hydrogen-bond donors (Lipinski definition) is 1. The Bertz CT molecular complexity index is 803. The third-order valence-electron chi connectivity index (χ3n) is 4.76. The fourth-order valence-corrected chi connectivity index (χ4v) is 3.33. The van der Waals surface area contributed by atoms with E-state index >= 15 is 0 Å². The molecule has 156 valence electrons. The lowest BCUT2D eigenvalue weighted by molar-refractivity contribution is 0.0342. The number of benzene rings is 2. The van der Waals surface area contributed by atoms with Gasteiger partial charge in [-0.25, -0.2) is 0 Å². The minimum Gasteiger partial charge on any atom is -0.490 e. The van der Waals surface area contributed by atoms with Crippen LogP contribution in [-0.2, 0) is 17.8 Å². The number of nitrogens with one attached hydrogen (secondary N) is 1. The molecule has 6 nitrogen and oxygen atoms in total. The molecule has 0 aromatic heterocycles. The standard InChI is InChI=1S/C23H30N2O4/c1-3-28-21-9-8-20(15-22(21)29-4-2)23(26)24-16-18-6-5-7-19(14-18)17-25-10-12-27-13-11-25/h5-9,14-15H,3-4,10-13,16-17H2,1-2H3,(H,24,26). The van der Waals surface area contributed by atoms with E-state index in [1.165, 1.54) is 5.56 Å². The molecular weight excluding hydrogens is 368 g/mol. The summed E-state index contributed by atoms with van der Waals surface area (Å²) >= 11 is 0. The van der Waals surface area contributed by atoms with Crippen LogP contribution in [0.5, 0.6) is 11.5 Å². The summed E-state index contributed by atoms with van der Waals surface area (Å²) in [7, 11) is 0. The van der Waals surface area contributed by atoms with Gasteiger partial charge in [-0.15, -0.1) is 0 Å². The van der Waals surface area contributed by atoms with E-state index in [4.69, 9.17) is 14.2 Å². The van der Waals surface area contributed by atoms with Crippen molar-refractivity contribution in [2.75, 3.05) is 39.5 Å². The summed E-state index contributed by atoms with van der Waals surface area (Å²) < 4.78 is 16.6. The van der Waals surface area contributed by atoms with Gasteiger partial charge in [-0.05, 0) is 43.2 Å². The van der Waals surface area contributed by atoms with Gasteiger partial charge in [0, 0.05) is 31.7 Å². The Labute approximate surface area is 172 Å². The van der Waals surface area contributed by atoms with E-state index in [1.54, 1.807) is 18.2 Å². The SMILES string of the molecule is CCOc1ccc(C(=O)NCc2cccc(CN3CCOCC3)c2)cc1OCC. The Balaban J connectivity index is 1.60. The van der Waals surface area contributed by atoms with Crippen LogP contribution in [-0.4, -0.2) is 50.3 Å². The van der Waals surface area contributed by atoms with Gasteiger partial charge >= 0.3 is 0 Å². The quantitative estimate of drug-likeness (QED) is 0.703. The lowest BCUT2D eigenvalue weighted by Crippen LogP contribution is -2.35. The first-order valence-electron chi connectivity index (χ1n) is 10.3. The average Bonchev–Trinajstić information content (AvgIpc) is 2.74. The third-order valence-corrected chi connectivity index (χ3v) is 4.76. The second kappa shape index (κ2) is 10.8. The molecule has 1 amide bonds. The van der Waals surface area contributed by atoms with Crippen LogP contribution in [0.15, 0.2) is 42.5 Å². The van der Waals surface area contributed by atoms with Crippen LogP contribution < -0.4 is 14.8 Å². The lowest BCUT2D eigenvalue weighted by atomic mass is 10.1. The smallest absolute Gasteiger partial charge is 0.251 e. The van der Waals surface area contributed by atoms with Gasteiger partial charge in [0.25, 0.3) is 5.91 Å². The van der Waals surface area contributed by atoms with Gasteiger partial charge in [0.15, 0.2) is 11.5 Å². The van der Waals surface area contributed by atoms with Crippen molar-refractivity contribution < 1.29 is 19.0 Å². The molecule has 0 spiro atoms. The van der Waals surface area contributed by atoms with Gasteiger partial charge < -0.3 is 19.5 Å².